The quantitative estimate of drug-likeness (QED) is 0.702. The Balaban J connectivity index is 2.13. The third kappa shape index (κ3) is 3.85. The molecule has 0 saturated heterocycles. The number of hydrogen-bond donors (Lipinski definition) is 1. The molecule has 0 aromatic rings. The lowest BCUT2D eigenvalue weighted by molar-refractivity contribution is 0.683. The fourth-order valence-electron chi connectivity index (χ4n) is 1.18. The van der Waals surface area contributed by atoms with Crippen molar-refractivity contribution in [3.63, 3.8) is 0 Å². The van der Waals surface area contributed by atoms with Gasteiger partial charge in [0.25, 0.3) is 0 Å². The van der Waals surface area contributed by atoms with Gasteiger partial charge in [0, 0.05) is 42.3 Å². The highest BCUT2D eigenvalue weighted by atomic mass is 32.2. The maximum atomic E-state index is 10.7. The van der Waals surface area contributed by atoms with E-state index in [4.69, 9.17) is 0 Å². The Morgan fingerprint density at radius 2 is 2.42 bits per heavy atom. The molecule has 12 heavy (non-hydrogen) atoms. The van der Waals surface area contributed by atoms with Crippen LogP contribution in [0.5, 0.6) is 0 Å². The minimum absolute atomic E-state index is 0.687. The van der Waals surface area contributed by atoms with Crippen LogP contribution in [0.15, 0.2) is 4.99 Å². The molecule has 0 amide bonds. The van der Waals surface area contributed by atoms with Crippen LogP contribution in [0.3, 0.4) is 0 Å². The fourth-order valence-corrected chi connectivity index (χ4v) is 1.57. The van der Waals surface area contributed by atoms with E-state index < -0.39 is 10.8 Å². The normalized spacial score (nSPS) is 19.9. The number of rotatable bonds is 3. The molecule has 1 aliphatic rings. The summed E-state index contributed by atoms with van der Waals surface area (Å²) < 4.78 is 10.7. The maximum absolute atomic E-state index is 10.7. The molecule has 0 aromatic carbocycles. The Labute approximate surface area is 76.1 Å². The van der Waals surface area contributed by atoms with Crippen LogP contribution < -0.4 is 5.32 Å². The predicted octanol–water partition coefficient (Wildman–Crippen LogP) is 0.537. The molecule has 0 aliphatic carbocycles. The molecular formula is C8H16N2OS. The molecule has 0 saturated carbocycles. The molecule has 1 heterocycles. The van der Waals surface area contributed by atoms with Crippen molar-refractivity contribution in [3.05, 3.63) is 0 Å². The van der Waals surface area contributed by atoms with Crippen molar-refractivity contribution in [2.24, 2.45) is 4.99 Å². The van der Waals surface area contributed by atoms with E-state index in [-0.39, 0.29) is 0 Å². The van der Waals surface area contributed by atoms with E-state index >= 15 is 0 Å². The van der Waals surface area contributed by atoms with Crippen LogP contribution in [0.2, 0.25) is 0 Å². The van der Waals surface area contributed by atoms with Gasteiger partial charge >= 0.3 is 0 Å². The lowest BCUT2D eigenvalue weighted by Gasteiger charge is -2.12. The van der Waals surface area contributed by atoms with Crippen LogP contribution in [0.1, 0.15) is 19.3 Å². The molecule has 4 heteroatoms. The summed E-state index contributed by atoms with van der Waals surface area (Å²) in [6, 6.07) is 0. The second-order valence-corrected chi connectivity index (χ2v) is 4.54. The van der Waals surface area contributed by atoms with Crippen molar-refractivity contribution in [3.8, 4) is 0 Å². The predicted molar refractivity (Wildman–Crippen MR) is 53.1 cm³/mol. The third-order valence-corrected chi connectivity index (χ3v) is 2.62. The smallest absolute Gasteiger partial charge is 0.0963 e. The first kappa shape index (κ1) is 9.71. The number of hydrogen-bond acceptors (Lipinski definition) is 3. The summed E-state index contributed by atoms with van der Waals surface area (Å²) in [5, 5.41) is 3.21. The molecule has 1 unspecified atom stereocenters. The minimum atomic E-state index is -0.687. The number of nitrogens with zero attached hydrogens (tertiary/aromatic N) is 1. The molecule has 3 nitrogen and oxygen atoms in total. The summed E-state index contributed by atoms with van der Waals surface area (Å²) in [4.78, 5) is 4.33. The van der Waals surface area contributed by atoms with Crippen molar-refractivity contribution in [1.29, 1.82) is 0 Å². The summed E-state index contributed by atoms with van der Waals surface area (Å²) >= 11 is 0. The molecule has 0 aromatic heterocycles. The third-order valence-electron chi connectivity index (χ3n) is 1.84. The topological polar surface area (TPSA) is 41.5 Å². The van der Waals surface area contributed by atoms with Gasteiger partial charge in [-0.2, -0.15) is 0 Å². The highest BCUT2D eigenvalue weighted by molar-refractivity contribution is 7.84. The van der Waals surface area contributed by atoms with Gasteiger partial charge in [0.2, 0.25) is 0 Å². The van der Waals surface area contributed by atoms with E-state index in [0.29, 0.717) is 0 Å². The molecule has 0 bridgehead atoms. The van der Waals surface area contributed by atoms with Crippen molar-refractivity contribution in [2.75, 3.05) is 25.1 Å². The monoisotopic (exact) mass is 188 g/mol. The second kappa shape index (κ2) is 5.30. The van der Waals surface area contributed by atoms with Crippen LogP contribution in [-0.4, -0.2) is 35.1 Å². The fraction of sp³-hybridized carbons (Fsp3) is 0.875. The summed E-state index contributed by atoms with van der Waals surface area (Å²) in [5.41, 5.74) is 0. The molecule has 1 N–H and O–H groups in total. The van der Waals surface area contributed by atoms with Gasteiger partial charge in [-0.25, -0.2) is 0 Å². The van der Waals surface area contributed by atoms with Gasteiger partial charge in [-0.05, 0) is 12.8 Å². The summed E-state index contributed by atoms with van der Waals surface area (Å²) in [7, 11) is -0.687. The zero-order valence-electron chi connectivity index (χ0n) is 7.51. The Morgan fingerprint density at radius 1 is 1.58 bits per heavy atom. The lowest BCUT2D eigenvalue weighted by Crippen LogP contribution is -2.29. The molecule has 70 valence electrons. The van der Waals surface area contributed by atoms with Crippen LogP contribution in [-0.2, 0) is 10.8 Å². The first-order chi connectivity index (χ1) is 5.79. The number of aliphatic imine (C=N–C) groups is 1. The van der Waals surface area contributed by atoms with Gasteiger partial charge in [0.05, 0.1) is 5.84 Å². The largest absolute Gasteiger partial charge is 0.373 e. The van der Waals surface area contributed by atoms with Gasteiger partial charge in [0.15, 0.2) is 0 Å². The standard InChI is InChI=1S/C8H16N2OS/c1-12(11)7-6-10-8-4-2-3-5-9-8/h2-7H2,1H3,(H,9,10). The van der Waals surface area contributed by atoms with E-state index in [9.17, 15) is 4.21 Å². The molecule has 1 aliphatic heterocycles. The number of nitrogens with one attached hydrogen (secondary N) is 1. The van der Waals surface area contributed by atoms with Crippen LogP contribution in [0.25, 0.3) is 0 Å². The molecule has 0 fully saturated rings. The Kier molecular flexibility index (Phi) is 4.29. The second-order valence-electron chi connectivity index (χ2n) is 2.99. The van der Waals surface area contributed by atoms with E-state index in [1.807, 2.05) is 0 Å². The lowest BCUT2D eigenvalue weighted by atomic mass is 10.2. The summed E-state index contributed by atoms with van der Waals surface area (Å²) in [6.07, 6.45) is 5.24. The highest BCUT2D eigenvalue weighted by Crippen LogP contribution is 2.03. The van der Waals surface area contributed by atoms with Crippen molar-refractivity contribution >= 4 is 16.6 Å². The van der Waals surface area contributed by atoms with Gasteiger partial charge in [-0.1, -0.05) is 0 Å². The first-order valence-corrected chi connectivity index (χ1v) is 6.09. The average Bonchev–Trinajstić information content (AvgIpc) is 2.05. The molecule has 0 radical (unpaired) electrons. The van der Waals surface area contributed by atoms with Crippen LogP contribution in [0, 0.1) is 0 Å². The Bertz CT molecular complexity index is 191. The van der Waals surface area contributed by atoms with E-state index in [2.05, 4.69) is 10.3 Å². The van der Waals surface area contributed by atoms with Gasteiger partial charge in [0.1, 0.15) is 0 Å². The molecule has 0 spiro atoms. The van der Waals surface area contributed by atoms with E-state index in [0.717, 1.165) is 31.1 Å². The molecule has 1 atom stereocenters. The van der Waals surface area contributed by atoms with E-state index in [1.165, 1.54) is 12.8 Å². The zero-order chi connectivity index (χ0) is 8.81. The average molecular weight is 188 g/mol. The highest BCUT2D eigenvalue weighted by Gasteiger charge is 2.03. The number of amidine groups is 1. The summed E-state index contributed by atoms with van der Waals surface area (Å²) in [5.74, 6) is 1.82. The first-order valence-electron chi connectivity index (χ1n) is 4.36. The SMILES string of the molecule is CS(=O)CCNC1=NCCCC1. The Morgan fingerprint density at radius 3 is 3.00 bits per heavy atom. The van der Waals surface area contributed by atoms with Gasteiger partial charge in [-0.3, -0.25) is 9.20 Å². The van der Waals surface area contributed by atoms with Crippen molar-refractivity contribution in [1.82, 2.24) is 5.32 Å². The van der Waals surface area contributed by atoms with Crippen molar-refractivity contribution < 1.29 is 4.21 Å². The van der Waals surface area contributed by atoms with Gasteiger partial charge in [-0.15, -0.1) is 0 Å². The van der Waals surface area contributed by atoms with Gasteiger partial charge < -0.3 is 5.32 Å². The van der Waals surface area contributed by atoms with Crippen LogP contribution in [0.4, 0.5) is 0 Å². The molecule has 1 rings (SSSR count). The summed E-state index contributed by atoms with van der Waals surface area (Å²) in [6.45, 7) is 1.75. The zero-order valence-corrected chi connectivity index (χ0v) is 8.32. The minimum Gasteiger partial charge on any atom is -0.373 e. The van der Waals surface area contributed by atoms with Crippen molar-refractivity contribution in [2.45, 2.75) is 19.3 Å². The van der Waals surface area contributed by atoms with Crippen LogP contribution >= 0.6 is 0 Å². The maximum Gasteiger partial charge on any atom is 0.0963 e. The molecular weight excluding hydrogens is 172 g/mol. The van der Waals surface area contributed by atoms with E-state index in [1.54, 1.807) is 6.26 Å². The Hall–Kier alpha value is -0.380.